The maximum absolute atomic E-state index is 3.80. The molecule has 1 heterocycles. The van der Waals surface area contributed by atoms with Crippen LogP contribution in [0.2, 0.25) is 0 Å². The van der Waals surface area contributed by atoms with Crippen LogP contribution in [0.3, 0.4) is 0 Å². The second-order valence-corrected chi connectivity index (χ2v) is 1.34. The smallest absolute Gasteiger partial charge is 0.135 e. The van der Waals surface area contributed by atoms with Crippen molar-refractivity contribution >= 4 is 12.8 Å². The maximum atomic E-state index is 3.80. The van der Waals surface area contributed by atoms with Crippen LogP contribution in [0.25, 0.3) is 0 Å². The molecule has 1 N–H and O–H groups in total. The highest BCUT2D eigenvalue weighted by Gasteiger charge is 1.95. The van der Waals surface area contributed by atoms with Crippen molar-refractivity contribution in [3.63, 3.8) is 0 Å². The third-order valence-corrected chi connectivity index (χ3v) is 0.652. The summed E-state index contributed by atoms with van der Waals surface area (Å²) >= 11 is 3.80. The van der Waals surface area contributed by atoms with E-state index in [0.717, 1.165) is 0 Å². The van der Waals surface area contributed by atoms with E-state index in [0.29, 0.717) is 6.67 Å². The van der Waals surface area contributed by atoms with Crippen LogP contribution >= 0.6 is 12.8 Å². The fourth-order valence-electron chi connectivity index (χ4n) is 0.210. The first kappa shape index (κ1) is 3.73. The van der Waals surface area contributed by atoms with Gasteiger partial charge in [-0.25, -0.2) is 4.41 Å². The predicted octanol–water partition coefficient (Wildman–Crippen LogP) is -0.0239. The molecule has 0 bridgehead atoms. The Morgan fingerprint density at radius 2 is 2.67 bits per heavy atom. The minimum Gasteiger partial charge on any atom is -0.268 e. The van der Waals surface area contributed by atoms with Crippen LogP contribution in [0.5, 0.6) is 0 Å². The zero-order chi connectivity index (χ0) is 4.41. The molecule has 0 aliphatic carbocycles. The fraction of sp³-hybridized carbons (Fsp3) is 1.00. The number of hydrogen-bond donors (Lipinski definition) is 2. The van der Waals surface area contributed by atoms with Crippen molar-refractivity contribution in [1.29, 1.82) is 0 Å². The number of hydrogen-bond acceptors (Lipinski definition) is 5. The summed E-state index contributed by atoms with van der Waals surface area (Å²) in [7, 11) is 0. The van der Waals surface area contributed by atoms with Crippen molar-refractivity contribution < 1.29 is 0 Å². The van der Waals surface area contributed by atoms with E-state index in [4.69, 9.17) is 0 Å². The Morgan fingerprint density at radius 3 is 2.83 bits per heavy atom. The third-order valence-electron chi connectivity index (χ3n) is 0.431. The summed E-state index contributed by atoms with van der Waals surface area (Å²) in [5.41, 5.74) is 2.58. The first-order valence-electron chi connectivity index (χ1n) is 1.49. The monoisotopic (exact) mass is 104 g/mol. The average molecular weight is 104 g/mol. The van der Waals surface area contributed by atoms with E-state index in [1.807, 2.05) is 0 Å². The summed E-state index contributed by atoms with van der Waals surface area (Å²) in [5.74, 6) is 0. The molecule has 0 saturated carbocycles. The van der Waals surface area contributed by atoms with Crippen molar-refractivity contribution in [1.82, 2.24) is 9.84 Å². The van der Waals surface area contributed by atoms with Gasteiger partial charge in [0.25, 0.3) is 0 Å². The summed E-state index contributed by atoms with van der Waals surface area (Å²) in [6.45, 7) is 0.600. The van der Waals surface area contributed by atoms with Gasteiger partial charge in [0.2, 0.25) is 0 Å². The van der Waals surface area contributed by atoms with Gasteiger partial charge in [-0.3, -0.25) is 5.43 Å². The number of nitrogens with zero attached hydrogens (tertiary/aromatic N) is 3. The average Bonchev–Trinajstić information content (AvgIpc) is 1.86. The molecular formula is CH4N4S. The Balaban J connectivity index is 2.38. The van der Waals surface area contributed by atoms with Gasteiger partial charge in [-0.2, -0.15) is 0 Å². The van der Waals surface area contributed by atoms with Gasteiger partial charge in [0.05, 0.1) is 0 Å². The molecule has 0 aromatic carbocycles. The summed E-state index contributed by atoms with van der Waals surface area (Å²) in [5, 5.41) is 6.84. The van der Waals surface area contributed by atoms with Crippen LogP contribution in [-0.2, 0) is 0 Å². The topological polar surface area (TPSA) is 40.0 Å². The van der Waals surface area contributed by atoms with E-state index < -0.39 is 0 Å². The van der Waals surface area contributed by atoms with Gasteiger partial charge in [0.1, 0.15) is 6.67 Å². The first-order valence-corrected chi connectivity index (χ1v) is 1.89. The Morgan fingerprint density at radius 1 is 1.83 bits per heavy atom. The molecule has 4 nitrogen and oxygen atoms in total. The summed E-state index contributed by atoms with van der Waals surface area (Å²) in [4.78, 5) is 0. The normalized spacial score (nSPS) is 18.5. The van der Waals surface area contributed by atoms with Crippen molar-refractivity contribution in [2.24, 2.45) is 10.4 Å². The quantitative estimate of drug-likeness (QED) is 0.424. The van der Waals surface area contributed by atoms with Crippen molar-refractivity contribution in [3.8, 4) is 0 Å². The van der Waals surface area contributed by atoms with Crippen molar-refractivity contribution in [3.05, 3.63) is 0 Å². The summed E-state index contributed by atoms with van der Waals surface area (Å²) < 4.78 is 1.40. The van der Waals surface area contributed by atoms with E-state index >= 15 is 0 Å². The van der Waals surface area contributed by atoms with Gasteiger partial charge in [-0.1, -0.05) is 5.22 Å². The number of nitrogens with one attached hydrogen (secondary N) is 1. The Bertz CT molecular complexity index is 69.9. The minimum atomic E-state index is 0.600. The summed E-state index contributed by atoms with van der Waals surface area (Å²) in [6.07, 6.45) is 0. The standard InChI is InChI=1S/CH4N4S/c6-5-1-2-3-4-5/h6H,1H2,(H,2,4). The second kappa shape index (κ2) is 1.34. The number of rotatable bonds is 0. The van der Waals surface area contributed by atoms with Crippen LogP contribution in [0, 0.1) is 0 Å². The van der Waals surface area contributed by atoms with E-state index in [-0.39, 0.29) is 0 Å². The molecule has 1 aliphatic heterocycles. The highest BCUT2D eigenvalue weighted by molar-refractivity contribution is 7.77. The molecular weight excluding hydrogens is 100 g/mol. The van der Waals surface area contributed by atoms with Crippen molar-refractivity contribution in [2.45, 2.75) is 0 Å². The largest absolute Gasteiger partial charge is 0.268 e. The maximum Gasteiger partial charge on any atom is 0.135 e. The zero-order valence-corrected chi connectivity index (χ0v) is 3.89. The predicted molar refractivity (Wildman–Crippen MR) is 23.7 cm³/mol. The second-order valence-electron chi connectivity index (χ2n) is 0.878. The van der Waals surface area contributed by atoms with Gasteiger partial charge in [0, 0.05) is 0 Å². The Labute approximate surface area is 40.7 Å². The molecule has 0 unspecified atom stereocenters. The third kappa shape index (κ3) is 0.538. The Kier molecular flexibility index (Phi) is 0.831. The molecule has 0 aromatic heterocycles. The molecule has 0 fully saturated rings. The van der Waals surface area contributed by atoms with Gasteiger partial charge in [0.15, 0.2) is 0 Å². The molecule has 0 atom stereocenters. The molecule has 6 heavy (non-hydrogen) atoms. The van der Waals surface area contributed by atoms with Gasteiger partial charge in [-0.15, -0.1) is 0 Å². The van der Waals surface area contributed by atoms with Gasteiger partial charge < -0.3 is 0 Å². The van der Waals surface area contributed by atoms with Gasteiger partial charge >= 0.3 is 0 Å². The molecule has 0 radical (unpaired) electrons. The molecule has 34 valence electrons. The molecule has 0 saturated heterocycles. The lowest BCUT2D eigenvalue weighted by atomic mass is 11.2. The fourth-order valence-corrected chi connectivity index (χ4v) is 0.313. The van der Waals surface area contributed by atoms with E-state index in [1.165, 1.54) is 4.41 Å². The summed E-state index contributed by atoms with van der Waals surface area (Å²) in [6, 6.07) is 0. The van der Waals surface area contributed by atoms with Crippen molar-refractivity contribution in [2.75, 3.05) is 6.67 Å². The minimum absolute atomic E-state index is 0.600. The zero-order valence-electron chi connectivity index (χ0n) is 3.00. The molecule has 0 aromatic rings. The van der Waals surface area contributed by atoms with Crippen LogP contribution in [0.1, 0.15) is 0 Å². The molecule has 0 spiro atoms. The highest BCUT2D eigenvalue weighted by Crippen LogP contribution is 1.95. The highest BCUT2D eigenvalue weighted by atomic mass is 32.1. The van der Waals surface area contributed by atoms with Crippen LogP contribution in [-0.4, -0.2) is 11.1 Å². The first-order chi connectivity index (χ1) is 2.89. The van der Waals surface area contributed by atoms with Crippen LogP contribution < -0.4 is 5.43 Å². The molecule has 5 heteroatoms. The lowest BCUT2D eigenvalue weighted by molar-refractivity contribution is 0.542. The SMILES string of the molecule is SN1CNN=N1. The lowest BCUT2D eigenvalue weighted by Crippen LogP contribution is -2.09. The molecule has 1 rings (SSSR count). The van der Waals surface area contributed by atoms with E-state index in [2.05, 4.69) is 28.7 Å². The molecule has 0 amide bonds. The molecule has 1 aliphatic rings. The number of thiol groups is 1. The van der Waals surface area contributed by atoms with Gasteiger partial charge in [-0.05, 0) is 18.0 Å². The Hall–Kier alpha value is -0.450. The van der Waals surface area contributed by atoms with E-state index in [9.17, 15) is 0 Å². The lowest BCUT2D eigenvalue weighted by Gasteiger charge is -1.94. The van der Waals surface area contributed by atoms with Crippen LogP contribution in [0.15, 0.2) is 10.4 Å². The van der Waals surface area contributed by atoms with Crippen LogP contribution in [0.4, 0.5) is 0 Å². The van der Waals surface area contributed by atoms with E-state index in [1.54, 1.807) is 0 Å².